The van der Waals surface area contributed by atoms with E-state index in [0.717, 1.165) is 30.8 Å². The van der Waals surface area contributed by atoms with E-state index in [2.05, 4.69) is 29.2 Å². The first kappa shape index (κ1) is 30.0. The first-order valence-electron chi connectivity index (χ1n) is 15.0. The summed E-state index contributed by atoms with van der Waals surface area (Å²) in [6, 6.07) is 27.3. The van der Waals surface area contributed by atoms with Crippen molar-refractivity contribution in [2.75, 3.05) is 39.3 Å². The van der Waals surface area contributed by atoms with Crippen LogP contribution in [-0.2, 0) is 20.9 Å². The van der Waals surface area contributed by atoms with Gasteiger partial charge in [-0.1, -0.05) is 84.9 Å². The second-order valence-corrected chi connectivity index (χ2v) is 11.0. The number of ether oxygens (including phenoxy) is 1. The third-order valence-corrected chi connectivity index (χ3v) is 8.17. The van der Waals surface area contributed by atoms with Gasteiger partial charge in [-0.3, -0.25) is 14.5 Å². The van der Waals surface area contributed by atoms with Crippen molar-refractivity contribution in [2.45, 2.75) is 32.7 Å². The SMILES string of the molecule is CCOC(=O)C1=C(C)N(Cc2cccc(C(=O)N3CCN(CC=Cc4ccccc4)CC3)c2)C(=O)CC1c1ccccc1. The van der Waals surface area contributed by atoms with Crippen LogP contribution in [0.5, 0.6) is 0 Å². The number of hydrogen-bond donors (Lipinski definition) is 0. The molecule has 1 atom stereocenters. The molecular formula is C36H39N3O4. The molecule has 2 aliphatic rings. The molecule has 3 aromatic rings. The molecule has 0 aliphatic carbocycles. The van der Waals surface area contributed by atoms with E-state index in [1.165, 1.54) is 5.56 Å². The largest absolute Gasteiger partial charge is 0.463 e. The number of nitrogens with zero attached hydrogens (tertiary/aromatic N) is 3. The lowest BCUT2D eigenvalue weighted by atomic mass is 9.83. The molecule has 2 aliphatic heterocycles. The molecule has 0 spiro atoms. The number of piperazine rings is 1. The lowest BCUT2D eigenvalue weighted by Crippen LogP contribution is -2.48. The molecule has 2 heterocycles. The minimum Gasteiger partial charge on any atom is -0.463 e. The Kier molecular flexibility index (Phi) is 9.84. The predicted molar refractivity (Wildman–Crippen MR) is 168 cm³/mol. The fraction of sp³-hybridized carbons (Fsp3) is 0.306. The number of carbonyl (C=O) groups is 3. The average molecular weight is 578 g/mol. The van der Waals surface area contributed by atoms with Crippen LogP contribution < -0.4 is 0 Å². The summed E-state index contributed by atoms with van der Waals surface area (Å²) in [6.45, 7) is 7.93. The Bertz CT molecular complexity index is 1490. The van der Waals surface area contributed by atoms with Crippen LogP contribution in [0.3, 0.4) is 0 Å². The molecule has 43 heavy (non-hydrogen) atoms. The van der Waals surface area contributed by atoms with Gasteiger partial charge in [0.2, 0.25) is 5.91 Å². The predicted octanol–water partition coefficient (Wildman–Crippen LogP) is 5.51. The molecule has 2 amide bonds. The second-order valence-electron chi connectivity index (χ2n) is 11.0. The van der Waals surface area contributed by atoms with Gasteiger partial charge in [-0.25, -0.2) is 4.79 Å². The van der Waals surface area contributed by atoms with Crippen molar-refractivity contribution < 1.29 is 19.1 Å². The van der Waals surface area contributed by atoms with Crippen LogP contribution in [0.2, 0.25) is 0 Å². The third-order valence-electron chi connectivity index (χ3n) is 8.17. The van der Waals surface area contributed by atoms with Crippen LogP contribution in [0.25, 0.3) is 6.08 Å². The monoisotopic (exact) mass is 577 g/mol. The molecule has 0 bridgehead atoms. The Morgan fingerprint density at radius 3 is 2.30 bits per heavy atom. The van der Waals surface area contributed by atoms with Gasteiger partial charge in [0.1, 0.15) is 0 Å². The van der Waals surface area contributed by atoms with Crippen molar-refractivity contribution in [1.29, 1.82) is 0 Å². The van der Waals surface area contributed by atoms with Crippen molar-refractivity contribution in [2.24, 2.45) is 0 Å². The lowest BCUT2D eigenvalue weighted by molar-refractivity contribution is -0.140. The highest BCUT2D eigenvalue weighted by atomic mass is 16.5. The van der Waals surface area contributed by atoms with Crippen molar-refractivity contribution in [3.63, 3.8) is 0 Å². The maximum Gasteiger partial charge on any atom is 0.336 e. The maximum absolute atomic E-state index is 13.4. The Balaban J connectivity index is 1.25. The average Bonchev–Trinajstić information content (AvgIpc) is 3.04. The van der Waals surface area contributed by atoms with E-state index in [-0.39, 0.29) is 37.3 Å². The summed E-state index contributed by atoms with van der Waals surface area (Å²) in [7, 11) is 0. The summed E-state index contributed by atoms with van der Waals surface area (Å²) < 4.78 is 5.41. The highest BCUT2D eigenvalue weighted by Crippen LogP contribution is 2.37. The fourth-order valence-corrected chi connectivity index (χ4v) is 5.85. The fourth-order valence-electron chi connectivity index (χ4n) is 5.85. The summed E-state index contributed by atoms with van der Waals surface area (Å²) in [5, 5.41) is 0. The number of benzene rings is 3. The van der Waals surface area contributed by atoms with Crippen molar-refractivity contribution in [3.8, 4) is 0 Å². The highest BCUT2D eigenvalue weighted by Gasteiger charge is 2.37. The molecule has 0 radical (unpaired) electrons. The molecule has 3 aromatic carbocycles. The molecule has 1 fully saturated rings. The Labute approximate surface area is 254 Å². The number of esters is 1. The van der Waals surface area contributed by atoms with Crippen LogP contribution in [0.1, 0.15) is 53.2 Å². The second kappa shape index (κ2) is 14.1. The standard InChI is InChI=1S/C36H39N3O4/c1-3-43-36(42)34-27(2)39(33(40)25-32(34)30-16-8-5-9-17-30)26-29-14-10-18-31(24-29)35(41)38-22-20-37(21-23-38)19-11-15-28-12-6-4-7-13-28/h4-18,24,32H,3,19-23,25-26H2,1-2H3. The summed E-state index contributed by atoms with van der Waals surface area (Å²) in [5.74, 6) is -0.821. The highest BCUT2D eigenvalue weighted by molar-refractivity contribution is 5.96. The van der Waals surface area contributed by atoms with E-state index in [9.17, 15) is 14.4 Å². The van der Waals surface area contributed by atoms with E-state index < -0.39 is 5.97 Å². The molecule has 222 valence electrons. The molecule has 7 nitrogen and oxygen atoms in total. The molecule has 0 saturated carbocycles. The number of carbonyl (C=O) groups excluding carboxylic acids is 3. The van der Waals surface area contributed by atoms with E-state index in [1.807, 2.05) is 84.6 Å². The minimum absolute atomic E-state index is 0.00471. The smallest absolute Gasteiger partial charge is 0.336 e. The zero-order valence-electron chi connectivity index (χ0n) is 24.9. The van der Waals surface area contributed by atoms with Crippen LogP contribution >= 0.6 is 0 Å². The van der Waals surface area contributed by atoms with Gasteiger partial charge in [0, 0.05) is 56.3 Å². The van der Waals surface area contributed by atoms with Gasteiger partial charge in [-0.05, 0) is 42.7 Å². The van der Waals surface area contributed by atoms with E-state index in [4.69, 9.17) is 4.74 Å². The number of rotatable bonds is 9. The first-order valence-corrected chi connectivity index (χ1v) is 15.0. The van der Waals surface area contributed by atoms with Gasteiger partial charge in [0.15, 0.2) is 0 Å². The van der Waals surface area contributed by atoms with Crippen LogP contribution in [-0.4, -0.2) is 71.8 Å². The maximum atomic E-state index is 13.4. The van der Waals surface area contributed by atoms with E-state index >= 15 is 0 Å². The van der Waals surface area contributed by atoms with Crippen molar-refractivity contribution in [3.05, 3.63) is 125 Å². The molecule has 0 aromatic heterocycles. The molecule has 1 saturated heterocycles. The zero-order valence-corrected chi connectivity index (χ0v) is 24.9. The summed E-state index contributed by atoms with van der Waals surface area (Å²) in [5.41, 5.74) is 4.64. The minimum atomic E-state index is -0.398. The molecule has 0 N–H and O–H groups in total. The van der Waals surface area contributed by atoms with Crippen LogP contribution in [0.15, 0.2) is 102 Å². The van der Waals surface area contributed by atoms with Crippen LogP contribution in [0, 0.1) is 0 Å². The molecule has 1 unspecified atom stereocenters. The van der Waals surface area contributed by atoms with Gasteiger partial charge < -0.3 is 14.5 Å². The van der Waals surface area contributed by atoms with Gasteiger partial charge in [-0.15, -0.1) is 0 Å². The number of allylic oxidation sites excluding steroid dienone is 1. The summed E-state index contributed by atoms with van der Waals surface area (Å²) in [4.78, 5) is 45.8. The zero-order chi connectivity index (χ0) is 30.2. The van der Waals surface area contributed by atoms with Crippen molar-refractivity contribution in [1.82, 2.24) is 14.7 Å². The molecule has 5 rings (SSSR count). The number of hydrogen-bond acceptors (Lipinski definition) is 5. The Morgan fingerprint density at radius 1 is 0.907 bits per heavy atom. The Morgan fingerprint density at radius 2 is 1.60 bits per heavy atom. The first-order chi connectivity index (χ1) is 20.9. The summed E-state index contributed by atoms with van der Waals surface area (Å²) in [6.07, 6.45) is 4.48. The van der Waals surface area contributed by atoms with Gasteiger partial charge >= 0.3 is 5.97 Å². The van der Waals surface area contributed by atoms with E-state index in [1.54, 1.807) is 11.8 Å². The van der Waals surface area contributed by atoms with E-state index in [0.29, 0.717) is 29.9 Å². The lowest BCUT2D eigenvalue weighted by Gasteiger charge is -2.35. The quantitative estimate of drug-likeness (QED) is 0.314. The Hall–Kier alpha value is -4.49. The third kappa shape index (κ3) is 7.30. The molecule has 7 heteroatoms. The normalized spacial score (nSPS) is 17.9. The number of amides is 2. The van der Waals surface area contributed by atoms with Crippen molar-refractivity contribution >= 4 is 23.9 Å². The van der Waals surface area contributed by atoms with Gasteiger partial charge in [0.25, 0.3) is 5.91 Å². The summed E-state index contributed by atoms with van der Waals surface area (Å²) >= 11 is 0. The van der Waals surface area contributed by atoms with Gasteiger partial charge in [-0.2, -0.15) is 0 Å². The molecular weight excluding hydrogens is 538 g/mol. The van der Waals surface area contributed by atoms with Gasteiger partial charge in [0.05, 0.1) is 18.7 Å². The van der Waals surface area contributed by atoms with Crippen LogP contribution in [0.4, 0.5) is 0 Å². The topological polar surface area (TPSA) is 70.2 Å².